The van der Waals surface area contributed by atoms with Gasteiger partial charge in [0.15, 0.2) is 0 Å². The Hall–Kier alpha value is 0.150. The lowest BCUT2D eigenvalue weighted by atomic mass is 10.3. The number of sulfone groups is 1. The van der Waals surface area contributed by atoms with E-state index in [-0.39, 0.29) is 17.2 Å². The van der Waals surface area contributed by atoms with Gasteiger partial charge in [0.25, 0.3) is 0 Å². The number of rotatable bonds is 5. The molecule has 0 aromatic rings. The lowest BCUT2D eigenvalue weighted by Gasteiger charge is -2.15. The molecule has 1 N–H and O–H groups in total. The molecule has 0 bridgehead atoms. The van der Waals surface area contributed by atoms with Crippen LogP contribution in [0.3, 0.4) is 0 Å². The van der Waals surface area contributed by atoms with Crippen LogP contribution in [0.1, 0.15) is 19.3 Å². The van der Waals surface area contributed by atoms with Gasteiger partial charge in [0.1, 0.15) is 9.84 Å². The van der Waals surface area contributed by atoms with Gasteiger partial charge >= 0.3 is 0 Å². The van der Waals surface area contributed by atoms with E-state index >= 15 is 0 Å². The van der Waals surface area contributed by atoms with Crippen molar-refractivity contribution < 1.29 is 16.8 Å². The lowest BCUT2D eigenvalue weighted by Crippen LogP contribution is -2.40. The summed E-state index contributed by atoms with van der Waals surface area (Å²) in [5.41, 5.74) is 0. The van der Waals surface area contributed by atoms with Crippen LogP contribution in [-0.4, -0.2) is 46.0 Å². The summed E-state index contributed by atoms with van der Waals surface area (Å²) in [6, 6.07) is -0.258. The molecule has 96 valence electrons. The van der Waals surface area contributed by atoms with Crippen molar-refractivity contribution in [3.63, 3.8) is 0 Å². The Balaban J connectivity index is 2.52. The molecule has 2 unspecified atom stereocenters. The second-order valence-corrected chi connectivity index (χ2v) is 8.81. The van der Waals surface area contributed by atoms with Crippen molar-refractivity contribution in [3.8, 4) is 0 Å². The molecule has 1 aliphatic rings. The summed E-state index contributed by atoms with van der Waals surface area (Å²) in [5, 5.41) is -0.187. The number of halogens is 1. The Bertz CT molecular complexity index is 431. The molecule has 0 amide bonds. The van der Waals surface area contributed by atoms with Crippen LogP contribution in [0.15, 0.2) is 0 Å². The summed E-state index contributed by atoms with van der Waals surface area (Å²) in [6.45, 7) is 0. The topological polar surface area (TPSA) is 80.3 Å². The molecule has 8 heteroatoms. The molecule has 1 rings (SSSR count). The van der Waals surface area contributed by atoms with E-state index in [1.54, 1.807) is 0 Å². The summed E-state index contributed by atoms with van der Waals surface area (Å²) in [7, 11) is -6.80. The van der Waals surface area contributed by atoms with Crippen molar-refractivity contribution in [1.82, 2.24) is 4.72 Å². The summed E-state index contributed by atoms with van der Waals surface area (Å²) in [6.07, 6.45) is 3.42. The zero-order valence-electron chi connectivity index (χ0n) is 9.02. The maximum atomic E-state index is 11.5. The molecule has 0 aromatic carbocycles. The average Bonchev–Trinajstić information content (AvgIpc) is 2.47. The van der Waals surface area contributed by atoms with Crippen LogP contribution in [0.2, 0.25) is 0 Å². The van der Waals surface area contributed by atoms with E-state index < -0.39 is 25.6 Å². The Morgan fingerprint density at radius 3 is 2.25 bits per heavy atom. The fourth-order valence-corrected chi connectivity index (χ4v) is 4.97. The zero-order chi connectivity index (χ0) is 12.4. The number of hydrogen-bond donors (Lipinski definition) is 1. The van der Waals surface area contributed by atoms with Gasteiger partial charge in [-0.3, -0.25) is 0 Å². The highest BCUT2D eigenvalue weighted by Gasteiger charge is 2.29. The van der Waals surface area contributed by atoms with Gasteiger partial charge in [0, 0.05) is 17.7 Å². The van der Waals surface area contributed by atoms with Gasteiger partial charge in [-0.15, -0.1) is 11.6 Å². The van der Waals surface area contributed by atoms with E-state index in [4.69, 9.17) is 11.6 Å². The Kier molecular flexibility index (Phi) is 4.62. The Labute approximate surface area is 102 Å². The van der Waals surface area contributed by atoms with Crippen LogP contribution in [0.25, 0.3) is 0 Å². The predicted octanol–water partition coefficient (Wildman–Crippen LogP) is 0.110. The fourth-order valence-electron chi connectivity index (χ4n) is 1.60. The molecule has 16 heavy (non-hydrogen) atoms. The number of nitrogens with one attached hydrogen (secondary N) is 1. The monoisotopic (exact) mass is 289 g/mol. The van der Waals surface area contributed by atoms with E-state index in [1.165, 1.54) is 0 Å². The van der Waals surface area contributed by atoms with Crippen molar-refractivity contribution in [1.29, 1.82) is 0 Å². The fraction of sp³-hybridized carbons (Fsp3) is 1.00. The van der Waals surface area contributed by atoms with Crippen molar-refractivity contribution in [2.24, 2.45) is 0 Å². The molecule has 0 aliphatic heterocycles. The second kappa shape index (κ2) is 5.20. The van der Waals surface area contributed by atoms with E-state index in [2.05, 4.69) is 4.72 Å². The summed E-state index contributed by atoms with van der Waals surface area (Å²) >= 11 is 5.93. The first-order chi connectivity index (χ1) is 7.20. The van der Waals surface area contributed by atoms with Crippen molar-refractivity contribution in [2.75, 3.05) is 17.8 Å². The Morgan fingerprint density at radius 2 is 1.81 bits per heavy atom. The minimum atomic E-state index is -3.54. The quantitative estimate of drug-likeness (QED) is 0.729. The van der Waals surface area contributed by atoms with Gasteiger partial charge in [-0.25, -0.2) is 21.6 Å². The zero-order valence-corrected chi connectivity index (χ0v) is 11.4. The maximum absolute atomic E-state index is 11.5. The van der Waals surface area contributed by atoms with Crippen molar-refractivity contribution in [3.05, 3.63) is 0 Å². The normalized spacial score (nSPS) is 27.1. The predicted molar refractivity (Wildman–Crippen MR) is 63.9 cm³/mol. The first-order valence-corrected chi connectivity index (χ1v) is 9.16. The number of hydrogen-bond acceptors (Lipinski definition) is 4. The standard InChI is InChI=1S/C8H16ClNO4S2/c1-15(11,12)5-6-16(13,14)10-8-4-2-3-7(8)9/h7-8,10H,2-6H2,1H3. The minimum Gasteiger partial charge on any atom is -0.229 e. The summed E-state index contributed by atoms with van der Waals surface area (Å²) < 4.78 is 47.3. The van der Waals surface area contributed by atoms with Crippen LogP contribution in [-0.2, 0) is 19.9 Å². The maximum Gasteiger partial charge on any atom is 0.212 e. The van der Waals surface area contributed by atoms with Gasteiger partial charge in [0.05, 0.1) is 11.5 Å². The van der Waals surface area contributed by atoms with Gasteiger partial charge in [-0.05, 0) is 12.8 Å². The first-order valence-electron chi connectivity index (χ1n) is 5.01. The second-order valence-electron chi connectivity index (χ2n) is 4.12. The molecule has 0 radical (unpaired) electrons. The Morgan fingerprint density at radius 1 is 1.19 bits per heavy atom. The summed E-state index contributed by atoms with van der Waals surface area (Å²) in [4.78, 5) is 0. The van der Waals surface area contributed by atoms with Gasteiger partial charge < -0.3 is 0 Å². The minimum absolute atomic E-state index is 0.187. The van der Waals surface area contributed by atoms with E-state index in [1.807, 2.05) is 0 Å². The highest BCUT2D eigenvalue weighted by molar-refractivity contribution is 7.93. The largest absolute Gasteiger partial charge is 0.229 e. The third-order valence-corrected chi connectivity index (χ3v) is 5.62. The van der Waals surface area contributed by atoms with Crippen LogP contribution in [0.4, 0.5) is 0 Å². The van der Waals surface area contributed by atoms with E-state index in [0.29, 0.717) is 6.42 Å². The smallest absolute Gasteiger partial charge is 0.212 e. The van der Waals surface area contributed by atoms with Crippen LogP contribution >= 0.6 is 11.6 Å². The lowest BCUT2D eigenvalue weighted by molar-refractivity contribution is 0.553. The molecule has 1 saturated carbocycles. The summed E-state index contributed by atoms with van der Waals surface area (Å²) in [5.74, 6) is -0.756. The third-order valence-electron chi connectivity index (χ3n) is 2.49. The molecule has 1 fully saturated rings. The van der Waals surface area contributed by atoms with Crippen molar-refractivity contribution >= 4 is 31.5 Å². The van der Waals surface area contributed by atoms with Gasteiger partial charge in [-0.1, -0.05) is 6.42 Å². The molecule has 1 aliphatic carbocycles. The van der Waals surface area contributed by atoms with E-state index in [0.717, 1.165) is 19.1 Å². The van der Waals surface area contributed by atoms with Crippen LogP contribution in [0.5, 0.6) is 0 Å². The SMILES string of the molecule is CS(=O)(=O)CCS(=O)(=O)NC1CCCC1Cl. The van der Waals surface area contributed by atoms with Crippen LogP contribution in [0, 0.1) is 0 Å². The number of sulfonamides is 1. The molecule has 0 saturated heterocycles. The molecule has 2 atom stereocenters. The molecule has 0 heterocycles. The highest BCUT2D eigenvalue weighted by Crippen LogP contribution is 2.24. The molecular formula is C8H16ClNO4S2. The molecular weight excluding hydrogens is 274 g/mol. The van der Waals surface area contributed by atoms with E-state index in [9.17, 15) is 16.8 Å². The van der Waals surface area contributed by atoms with Crippen molar-refractivity contribution in [2.45, 2.75) is 30.7 Å². The first kappa shape index (κ1) is 14.2. The highest BCUT2D eigenvalue weighted by atomic mass is 35.5. The van der Waals surface area contributed by atoms with Crippen LogP contribution < -0.4 is 4.72 Å². The molecule has 0 aromatic heterocycles. The van der Waals surface area contributed by atoms with Gasteiger partial charge in [-0.2, -0.15) is 0 Å². The van der Waals surface area contributed by atoms with Gasteiger partial charge in [0.2, 0.25) is 10.0 Å². The molecule has 0 spiro atoms. The average molecular weight is 290 g/mol. The molecule has 5 nitrogen and oxygen atoms in total. The third kappa shape index (κ3) is 4.99. The number of alkyl halides is 1.